The Morgan fingerprint density at radius 1 is 1.50 bits per heavy atom. The summed E-state index contributed by atoms with van der Waals surface area (Å²) < 4.78 is 46.2. The SMILES string of the molecule is CS(=O)(=O)C(=O)C1=C(N)S(=O)(=O)N=C1. The van der Waals surface area contributed by atoms with Gasteiger partial charge in [-0.05, 0) is 0 Å². The van der Waals surface area contributed by atoms with Crippen molar-refractivity contribution in [2.24, 2.45) is 10.1 Å². The Balaban J connectivity index is 3.37. The lowest BCUT2D eigenvalue weighted by Crippen LogP contribution is -2.19. The normalized spacial score (nSPS) is 20.1. The minimum Gasteiger partial charge on any atom is -0.387 e. The van der Waals surface area contributed by atoms with Crippen molar-refractivity contribution in [3.8, 4) is 0 Å². The van der Waals surface area contributed by atoms with Gasteiger partial charge in [0.15, 0.2) is 5.03 Å². The predicted molar refractivity (Wildman–Crippen MR) is 48.5 cm³/mol. The summed E-state index contributed by atoms with van der Waals surface area (Å²) in [7, 11) is -8.04. The number of rotatable bonds is 1. The molecule has 1 heterocycles. The minimum atomic E-state index is -4.04. The molecule has 1 rings (SSSR count). The first-order valence-corrected chi connectivity index (χ1v) is 6.54. The second-order valence-electron chi connectivity index (χ2n) is 2.55. The molecule has 0 atom stereocenters. The van der Waals surface area contributed by atoms with Crippen molar-refractivity contribution in [1.82, 2.24) is 0 Å². The molecule has 1 aliphatic rings. The van der Waals surface area contributed by atoms with E-state index >= 15 is 0 Å². The number of hydrogen-bond donors (Lipinski definition) is 1. The van der Waals surface area contributed by atoms with Gasteiger partial charge in [0.25, 0.3) is 15.1 Å². The van der Waals surface area contributed by atoms with Crippen LogP contribution in [0.5, 0.6) is 0 Å². The molecule has 78 valence electrons. The first-order chi connectivity index (χ1) is 6.16. The van der Waals surface area contributed by atoms with Crippen LogP contribution >= 0.6 is 0 Å². The van der Waals surface area contributed by atoms with Crippen LogP contribution in [0.3, 0.4) is 0 Å². The Labute approximate surface area is 80.3 Å². The molecule has 0 saturated heterocycles. The van der Waals surface area contributed by atoms with Gasteiger partial charge in [0.05, 0.1) is 11.8 Å². The monoisotopic (exact) mass is 238 g/mol. The highest BCUT2D eigenvalue weighted by atomic mass is 32.2. The van der Waals surface area contributed by atoms with E-state index in [1.165, 1.54) is 0 Å². The molecule has 0 amide bonds. The minimum absolute atomic E-state index is 0.604. The molecule has 0 unspecified atom stereocenters. The van der Waals surface area contributed by atoms with Gasteiger partial charge in [0.2, 0.25) is 9.84 Å². The molecule has 0 spiro atoms. The Hall–Kier alpha value is -1.22. The molecule has 1 aliphatic heterocycles. The topological polar surface area (TPSA) is 124 Å². The molecule has 0 fully saturated rings. The number of nitrogens with two attached hydrogens (primary N) is 1. The third-order valence-electron chi connectivity index (χ3n) is 1.42. The molecule has 9 heteroatoms. The summed E-state index contributed by atoms with van der Waals surface area (Å²) >= 11 is 0. The highest BCUT2D eigenvalue weighted by Gasteiger charge is 2.31. The van der Waals surface area contributed by atoms with Crippen molar-refractivity contribution in [3.63, 3.8) is 0 Å². The lowest BCUT2D eigenvalue weighted by Gasteiger charge is -1.96. The fraction of sp³-hybridized carbons (Fsp3) is 0.200. The van der Waals surface area contributed by atoms with E-state index in [9.17, 15) is 21.6 Å². The van der Waals surface area contributed by atoms with Crippen LogP contribution in [0.2, 0.25) is 0 Å². The van der Waals surface area contributed by atoms with Crippen molar-refractivity contribution < 1.29 is 21.6 Å². The van der Waals surface area contributed by atoms with Gasteiger partial charge in [-0.3, -0.25) is 4.79 Å². The zero-order valence-electron chi connectivity index (χ0n) is 6.96. The Morgan fingerprint density at radius 3 is 2.29 bits per heavy atom. The van der Waals surface area contributed by atoms with Gasteiger partial charge in [0.1, 0.15) is 0 Å². The summed E-state index contributed by atoms with van der Waals surface area (Å²) in [6.45, 7) is 0. The molecular weight excluding hydrogens is 232 g/mol. The maximum Gasteiger partial charge on any atom is 0.298 e. The molecule has 14 heavy (non-hydrogen) atoms. The molecular formula is C5H6N2O5S2. The predicted octanol–water partition coefficient (Wildman–Crippen LogP) is -1.86. The molecule has 0 aliphatic carbocycles. The second-order valence-corrected chi connectivity index (χ2v) is 6.06. The van der Waals surface area contributed by atoms with Gasteiger partial charge in [-0.1, -0.05) is 0 Å². The van der Waals surface area contributed by atoms with E-state index in [2.05, 4.69) is 4.40 Å². The second kappa shape index (κ2) is 2.89. The summed E-state index contributed by atoms with van der Waals surface area (Å²) in [6, 6.07) is 0. The summed E-state index contributed by atoms with van der Waals surface area (Å²) in [4.78, 5) is 11.1. The lowest BCUT2D eigenvalue weighted by atomic mass is 10.3. The maximum absolute atomic E-state index is 11.1. The quantitative estimate of drug-likeness (QED) is 0.571. The van der Waals surface area contributed by atoms with Gasteiger partial charge in [0, 0.05) is 6.26 Å². The number of sulfonamides is 1. The summed E-state index contributed by atoms with van der Waals surface area (Å²) in [5, 5.41) is -2.17. The Bertz CT molecular complexity index is 551. The van der Waals surface area contributed by atoms with Gasteiger partial charge >= 0.3 is 0 Å². The highest BCUT2D eigenvalue weighted by Crippen LogP contribution is 2.16. The molecule has 7 nitrogen and oxygen atoms in total. The molecule has 0 aromatic heterocycles. The van der Waals surface area contributed by atoms with E-state index in [4.69, 9.17) is 5.73 Å². The van der Waals surface area contributed by atoms with E-state index in [1.54, 1.807) is 0 Å². The van der Waals surface area contributed by atoms with Crippen LogP contribution < -0.4 is 5.73 Å². The van der Waals surface area contributed by atoms with Gasteiger partial charge in [-0.2, -0.15) is 12.8 Å². The van der Waals surface area contributed by atoms with Crippen LogP contribution in [0.4, 0.5) is 0 Å². The number of nitrogens with zero attached hydrogens (tertiary/aromatic N) is 1. The molecule has 0 bridgehead atoms. The van der Waals surface area contributed by atoms with Crippen LogP contribution in [-0.2, 0) is 24.7 Å². The van der Waals surface area contributed by atoms with Gasteiger partial charge in [-0.25, -0.2) is 8.42 Å². The zero-order valence-corrected chi connectivity index (χ0v) is 8.59. The van der Waals surface area contributed by atoms with E-state index in [-0.39, 0.29) is 0 Å². The average molecular weight is 238 g/mol. The smallest absolute Gasteiger partial charge is 0.298 e. The zero-order chi connectivity index (χ0) is 11.1. The van der Waals surface area contributed by atoms with Gasteiger partial charge < -0.3 is 5.73 Å². The van der Waals surface area contributed by atoms with Crippen molar-refractivity contribution in [3.05, 3.63) is 10.6 Å². The third kappa shape index (κ3) is 1.68. The lowest BCUT2D eigenvalue weighted by molar-refractivity contribution is -0.108. The van der Waals surface area contributed by atoms with Gasteiger partial charge in [-0.15, -0.1) is 0 Å². The third-order valence-corrected chi connectivity index (χ3v) is 3.47. The number of hydrogen-bond acceptors (Lipinski definition) is 6. The maximum atomic E-state index is 11.1. The van der Waals surface area contributed by atoms with E-state index in [0.29, 0.717) is 12.5 Å². The van der Waals surface area contributed by atoms with Crippen molar-refractivity contribution in [2.45, 2.75) is 0 Å². The molecule has 0 aromatic rings. The summed E-state index contributed by atoms with van der Waals surface area (Å²) in [5.74, 6) is 0. The van der Waals surface area contributed by atoms with Crippen LogP contribution in [0.1, 0.15) is 0 Å². The fourth-order valence-corrected chi connectivity index (χ4v) is 2.14. The number of carbonyl (C=O) groups excluding carboxylic acids is 1. The highest BCUT2D eigenvalue weighted by molar-refractivity contribution is 8.06. The first-order valence-electron chi connectivity index (χ1n) is 3.21. The summed E-state index contributed by atoms with van der Waals surface area (Å²) in [6.07, 6.45) is 1.29. The standard InChI is InChI=1S/C5H6N2O5S2/c1-13(9,10)5(8)3-2-7-14(11,12)4(3)6/h2H,6H2,1H3. The van der Waals surface area contributed by atoms with E-state index < -0.39 is 35.6 Å². The van der Waals surface area contributed by atoms with E-state index in [1.807, 2.05) is 0 Å². The van der Waals surface area contributed by atoms with Crippen LogP contribution in [0, 0.1) is 0 Å². The molecule has 0 saturated carbocycles. The molecule has 0 aromatic carbocycles. The number of carbonyl (C=O) groups is 1. The average Bonchev–Trinajstić information content (AvgIpc) is 2.25. The molecule has 0 radical (unpaired) electrons. The summed E-state index contributed by atoms with van der Waals surface area (Å²) in [5.41, 5.74) is 4.43. The first kappa shape index (κ1) is 10.9. The largest absolute Gasteiger partial charge is 0.387 e. The van der Waals surface area contributed by atoms with Crippen LogP contribution in [0.25, 0.3) is 0 Å². The van der Waals surface area contributed by atoms with Crippen LogP contribution in [-0.4, -0.2) is 34.4 Å². The van der Waals surface area contributed by atoms with Crippen molar-refractivity contribution in [2.75, 3.05) is 6.26 Å². The Morgan fingerprint density at radius 2 is 2.00 bits per heavy atom. The van der Waals surface area contributed by atoms with Crippen molar-refractivity contribution in [1.29, 1.82) is 0 Å². The Kier molecular flexibility index (Phi) is 2.24. The molecule has 2 N–H and O–H groups in total. The van der Waals surface area contributed by atoms with Crippen molar-refractivity contribution >= 4 is 31.2 Å². The van der Waals surface area contributed by atoms with E-state index in [0.717, 1.165) is 0 Å². The fourth-order valence-electron chi connectivity index (χ4n) is 0.734. The number of sulfone groups is 1. The van der Waals surface area contributed by atoms with Crippen LogP contribution in [0.15, 0.2) is 15.0 Å².